The lowest BCUT2D eigenvalue weighted by Crippen LogP contribution is -2.25. The van der Waals surface area contributed by atoms with E-state index in [2.05, 4.69) is 0 Å². The van der Waals surface area contributed by atoms with Crippen molar-refractivity contribution in [2.24, 2.45) is 11.8 Å². The number of phenols is 2. The Bertz CT molecular complexity index is 764. The largest absolute Gasteiger partial charge is 0.508 e. The maximum Gasteiger partial charge on any atom is 0.338 e. The van der Waals surface area contributed by atoms with Crippen LogP contribution in [-0.2, 0) is 9.47 Å². The zero-order chi connectivity index (χ0) is 19.9. The molecule has 2 unspecified atom stereocenters. The molecule has 2 aromatic rings. The van der Waals surface area contributed by atoms with Crippen LogP contribution in [0.5, 0.6) is 11.5 Å². The molecular weight excluding hydrogens is 360 g/mol. The van der Waals surface area contributed by atoms with Crippen LogP contribution in [0.25, 0.3) is 0 Å². The Balaban J connectivity index is 1.45. The Morgan fingerprint density at radius 2 is 1.29 bits per heavy atom. The Kier molecular flexibility index (Phi) is 6.53. The molecule has 0 spiro atoms. The van der Waals surface area contributed by atoms with Gasteiger partial charge in [0, 0.05) is 0 Å². The van der Waals surface area contributed by atoms with Gasteiger partial charge in [0.2, 0.25) is 0 Å². The molecule has 1 aliphatic carbocycles. The standard InChI is InChI=1S/C22H24O6/c23-19-8-2-6-17(11-19)21(25)27-13-15-4-1-5-16(10-15)14-28-22(26)18-7-3-9-20(24)12-18/h2-3,6-9,11-12,15-16,23-24H,1,4-5,10,13-14H2. The van der Waals surface area contributed by atoms with Crippen molar-refractivity contribution in [1.29, 1.82) is 0 Å². The molecule has 0 amide bonds. The minimum atomic E-state index is -0.451. The maximum absolute atomic E-state index is 12.1. The van der Waals surface area contributed by atoms with E-state index in [1.54, 1.807) is 24.3 Å². The summed E-state index contributed by atoms with van der Waals surface area (Å²) in [6.45, 7) is 0.622. The van der Waals surface area contributed by atoms with E-state index in [-0.39, 0.29) is 23.3 Å². The van der Waals surface area contributed by atoms with E-state index >= 15 is 0 Å². The lowest BCUT2D eigenvalue weighted by Gasteiger charge is -2.28. The van der Waals surface area contributed by atoms with E-state index in [0.29, 0.717) is 24.3 Å². The molecule has 0 bridgehead atoms. The van der Waals surface area contributed by atoms with Gasteiger partial charge in [-0.2, -0.15) is 0 Å². The number of rotatable bonds is 6. The Labute approximate surface area is 163 Å². The number of hydrogen-bond donors (Lipinski definition) is 2. The number of carbonyl (C=O) groups is 2. The molecule has 3 rings (SSSR count). The van der Waals surface area contributed by atoms with Crippen molar-refractivity contribution in [3.63, 3.8) is 0 Å². The zero-order valence-electron chi connectivity index (χ0n) is 15.5. The summed E-state index contributed by atoms with van der Waals surface area (Å²) < 4.78 is 10.8. The monoisotopic (exact) mass is 384 g/mol. The second-order valence-electron chi connectivity index (χ2n) is 7.20. The molecule has 6 heteroatoms. The smallest absolute Gasteiger partial charge is 0.338 e. The van der Waals surface area contributed by atoms with Crippen LogP contribution in [-0.4, -0.2) is 35.4 Å². The van der Waals surface area contributed by atoms with Crippen molar-refractivity contribution in [1.82, 2.24) is 0 Å². The molecule has 0 aliphatic heterocycles. The van der Waals surface area contributed by atoms with Crippen LogP contribution < -0.4 is 0 Å². The molecule has 0 aromatic heterocycles. The Hall–Kier alpha value is -3.02. The van der Waals surface area contributed by atoms with Gasteiger partial charge < -0.3 is 19.7 Å². The molecule has 2 N–H and O–H groups in total. The van der Waals surface area contributed by atoms with Gasteiger partial charge in [-0.3, -0.25) is 0 Å². The normalized spacial score (nSPS) is 19.0. The molecule has 28 heavy (non-hydrogen) atoms. The highest BCUT2D eigenvalue weighted by molar-refractivity contribution is 5.90. The third kappa shape index (κ3) is 5.49. The Morgan fingerprint density at radius 1 is 0.821 bits per heavy atom. The van der Waals surface area contributed by atoms with Crippen LogP contribution in [0.1, 0.15) is 46.4 Å². The van der Waals surface area contributed by atoms with Crippen LogP contribution in [0.3, 0.4) is 0 Å². The van der Waals surface area contributed by atoms with E-state index < -0.39 is 11.9 Å². The van der Waals surface area contributed by atoms with Gasteiger partial charge in [0.25, 0.3) is 0 Å². The van der Waals surface area contributed by atoms with Gasteiger partial charge in [-0.25, -0.2) is 9.59 Å². The first kappa shape index (κ1) is 19.7. The fourth-order valence-corrected chi connectivity index (χ4v) is 3.52. The fourth-order valence-electron chi connectivity index (χ4n) is 3.52. The van der Waals surface area contributed by atoms with Crippen molar-refractivity contribution in [2.75, 3.05) is 13.2 Å². The molecule has 6 nitrogen and oxygen atoms in total. The van der Waals surface area contributed by atoms with Crippen LogP contribution in [0.2, 0.25) is 0 Å². The topological polar surface area (TPSA) is 93.1 Å². The molecular formula is C22H24O6. The van der Waals surface area contributed by atoms with Gasteiger partial charge in [0.15, 0.2) is 0 Å². The van der Waals surface area contributed by atoms with Crippen molar-refractivity contribution >= 4 is 11.9 Å². The molecule has 1 fully saturated rings. The molecule has 0 radical (unpaired) electrons. The predicted molar refractivity (Wildman–Crippen MR) is 102 cm³/mol. The summed E-state index contributed by atoms with van der Waals surface area (Å²) in [5.74, 6) is -0.401. The van der Waals surface area contributed by atoms with Crippen molar-refractivity contribution in [3.05, 3.63) is 59.7 Å². The minimum Gasteiger partial charge on any atom is -0.508 e. The molecule has 0 saturated heterocycles. The molecule has 1 aliphatic rings. The number of carbonyl (C=O) groups excluding carboxylic acids is 2. The van der Waals surface area contributed by atoms with Crippen LogP contribution in [0.15, 0.2) is 48.5 Å². The van der Waals surface area contributed by atoms with Gasteiger partial charge in [0.1, 0.15) is 11.5 Å². The fraction of sp³-hybridized carbons (Fsp3) is 0.364. The highest BCUT2D eigenvalue weighted by Gasteiger charge is 2.25. The van der Waals surface area contributed by atoms with Gasteiger partial charge in [-0.05, 0) is 67.5 Å². The third-order valence-electron chi connectivity index (χ3n) is 4.96. The first-order valence-corrected chi connectivity index (χ1v) is 9.43. The SMILES string of the molecule is O=C(OCC1CCCC(COC(=O)c2cccc(O)c2)C1)c1cccc(O)c1. The van der Waals surface area contributed by atoms with Crippen molar-refractivity contribution in [3.8, 4) is 11.5 Å². The molecule has 148 valence electrons. The van der Waals surface area contributed by atoms with Crippen molar-refractivity contribution < 1.29 is 29.3 Å². The summed E-state index contributed by atoms with van der Waals surface area (Å²) in [6, 6.07) is 12.2. The average Bonchev–Trinajstić information content (AvgIpc) is 2.70. The number of ether oxygens (including phenoxy) is 2. The van der Waals surface area contributed by atoms with Crippen LogP contribution in [0.4, 0.5) is 0 Å². The average molecular weight is 384 g/mol. The maximum atomic E-state index is 12.1. The quantitative estimate of drug-likeness (QED) is 0.734. The third-order valence-corrected chi connectivity index (χ3v) is 4.96. The number of esters is 2. The molecule has 0 heterocycles. The second kappa shape index (κ2) is 9.26. The van der Waals surface area contributed by atoms with Gasteiger partial charge >= 0.3 is 11.9 Å². The Morgan fingerprint density at radius 3 is 1.71 bits per heavy atom. The predicted octanol–water partition coefficient (Wildman–Crippen LogP) is 3.92. The van der Waals surface area contributed by atoms with E-state index in [1.807, 2.05) is 0 Å². The molecule has 2 aromatic carbocycles. The number of benzene rings is 2. The van der Waals surface area contributed by atoms with Gasteiger partial charge in [-0.15, -0.1) is 0 Å². The summed E-state index contributed by atoms with van der Waals surface area (Å²) in [4.78, 5) is 24.2. The van der Waals surface area contributed by atoms with Crippen LogP contribution >= 0.6 is 0 Å². The van der Waals surface area contributed by atoms with E-state index in [0.717, 1.165) is 25.7 Å². The van der Waals surface area contributed by atoms with E-state index in [9.17, 15) is 19.8 Å². The lowest BCUT2D eigenvalue weighted by atomic mass is 9.82. The first-order valence-electron chi connectivity index (χ1n) is 9.43. The van der Waals surface area contributed by atoms with Crippen LogP contribution in [0, 0.1) is 11.8 Å². The summed E-state index contributed by atoms with van der Waals surface area (Å²) in [7, 11) is 0. The second-order valence-corrected chi connectivity index (χ2v) is 7.20. The number of phenolic OH excluding ortho intramolecular Hbond substituents is 2. The summed E-state index contributed by atoms with van der Waals surface area (Å²) in [5.41, 5.74) is 0.653. The zero-order valence-corrected chi connectivity index (χ0v) is 15.5. The number of aromatic hydroxyl groups is 2. The van der Waals surface area contributed by atoms with Gasteiger partial charge in [-0.1, -0.05) is 18.6 Å². The summed E-state index contributed by atoms with van der Waals surface area (Å²) >= 11 is 0. The molecule has 2 atom stereocenters. The highest BCUT2D eigenvalue weighted by Crippen LogP contribution is 2.30. The van der Waals surface area contributed by atoms with Crippen molar-refractivity contribution in [2.45, 2.75) is 25.7 Å². The summed E-state index contributed by atoms with van der Waals surface area (Å²) in [6.07, 6.45) is 3.73. The number of hydrogen-bond acceptors (Lipinski definition) is 6. The molecule has 1 saturated carbocycles. The lowest BCUT2D eigenvalue weighted by molar-refractivity contribution is 0.0280. The minimum absolute atomic E-state index is 0.0285. The van der Waals surface area contributed by atoms with Gasteiger partial charge in [0.05, 0.1) is 24.3 Å². The highest BCUT2D eigenvalue weighted by atomic mass is 16.5. The van der Waals surface area contributed by atoms with E-state index in [1.165, 1.54) is 24.3 Å². The first-order chi connectivity index (χ1) is 13.5. The summed E-state index contributed by atoms with van der Waals surface area (Å²) in [5, 5.41) is 18.9. The van der Waals surface area contributed by atoms with E-state index in [4.69, 9.17) is 9.47 Å².